The van der Waals surface area contributed by atoms with E-state index in [4.69, 9.17) is 4.74 Å². The largest absolute Gasteiger partial charge is 0.382 e. The maximum Gasteiger partial charge on any atom is 0.0874 e. The van der Waals surface area contributed by atoms with Gasteiger partial charge in [0, 0.05) is 25.3 Å². The number of ether oxygens (including phenoxy) is 1. The molecule has 1 aliphatic carbocycles. The summed E-state index contributed by atoms with van der Waals surface area (Å²) in [6, 6.07) is 6.70. The average Bonchev–Trinajstić information content (AvgIpc) is 2.53. The van der Waals surface area contributed by atoms with Gasteiger partial charge in [-0.3, -0.25) is 4.90 Å². The molecule has 1 unspecified atom stereocenters. The molecule has 1 N–H and O–H groups in total. The molecular formula is C17H26N2O. The quantitative estimate of drug-likeness (QED) is 0.913. The van der Waals surface area contributed by atoms with Crippen molar-refractivity contribution in [2.75, 3.05) is 38.1 Å². The summed E-state index contributed by atoms with van der Waals surface area (Å²) >= 11 is 0. The molecule has 0 amide bonds. The molecule has 0 saturated carbocycles. The number of hydrogen-bond donors (Lipinski definition) is 1. The number of aryl methyl sites for hydroxylation is 1. The number of likely N-dealkylation sites (N-methyl/N-ethyl adjacent to an activating group) is 1. The van der Waals surface area contributed by atoms with Crippen LogP contribution in [0.25, 0.3) is 0 Å². The van der Waals surface area contributed by atoms with Gasteiger partial charge in [-0.2, -0.15) is 0 Å². The van der Waals surface area contributed by atoms with Crippen LogP contribution < -0.4 is 5.32 Å². The fraction of sp³-hybridized carbons (Fsp3) is 0.647. The van der Waals surface area contributed by atoms with Crippen LogP contribution in [0.2, 0.25) is 0 Å². The zero-order valence-corrected chi connectivity index (χ0v) is 12.5. The first kappa shape index (κ1) is 13.9. The number of morpholine rings is 1. The van der Waals surface area contributed by atoms with E-state index in [9.17, 15) is 0 Å². The highest BCUT2D eigenvalue weighted by molar-refractivity contribution is 5.55. The lowest BCUT2D eigenvalue weighted by Gasteiger charge is -2.32. The first-order valence-electron chi connectivity index (χ1n) is 8.05. The number of fused-ring (bicyclic) bond motifs is 1. The van der Waals surface area contributed by atoms with E-state index in [2.05, 4.69) is 35.3 Å². The highest BCUT2D eigenvalue weighted by atomic mass is 16.5. The molecule has 0 bridgehead atoms. The van der Waals surface area contributed by atoms with Gasteiger partial charge in [0.2, 0.25) is 0 Å². The van der Waals surface area contributed by atoms with Gasteiger partial charge in [0.1, 0.15) is 0 Å². The second-order valence-electron chi connectivity index (χ2n) is 5.92. The zero-order valence-electron chi connectivity index (χ0n) is 12.5. The van der Waals surface area contributed by atoms with Crippen LogP contribution in [0.1, 0.15) is 30.9 Å². The van der Waals surface area contributed by atoms with E-state index in [1.165, 1.54) is 31.4 Å². The Bertz CT molecular complexity index is 447. The lowest BCUT2D eigenvalue weighted by molar-refractivity contribution is -0.0191. The second kappa shape index (κ2) is 6.59. The molecule has 3 nitrogen and oxygen atoms in total. The Morgan fingerprint density at radius 3 is 3.10 bits per heavy atom. The lowest BCUT2D eigenvalue weighted by Crippen LogP contribution is -2.45. The van der Waals surface area contributed by atoms with Crippen molar-refractivity contribution < 1.29 is 4.74 Å². The van der Waals surface area contributed by atoms with Gasteiger partial charge in [-0.25, -0.2) is 0 Å². The van der Waals surface area contributed by atoms with Gasteiger partial charge in [0.05, 0.1) is 12.7 Å². The SMILES string of the molecule is CCN1CCOC(CNc2cccc3c2CCCC3)C1. The Labute approximate surface area is 122 Å². The van der Waals surface area contributed by atoms with Crippen molar-refractivity contribution in [3.63, 3.8) is 0 Å². The number of anilines is 1. The van der Waals surface area contributed by atoms with Crippen molar-refractivity contribution in [2.45, 2.75) is 38.7 Å². The fourth-order valence-electron chi connectivity index (χ4n) is 3.36. The van der Waals surface area contributed by atoms with Crippen LogP contribution in [-0.2, 0) is 17.6 Å². The van der Waals surface area contributed by atoms with Crippen molar-refractivity contribution >= 4 is 5.69 Å². The van der Waals surface area contributed by atoms with Crippen molar-refractivity contribution in [2.24, 2.45) is 0 Å². The molecule has 3 heteroatoms. The number of nitrogens with zero attached hydrogens (tertiary/aromatic N) is 1. The van der Waals surface area contributed by atoms with Crippen molar-refractivity contribution in [1.29, 1.82) is 0 Å². The third-order valence-electron chi connectivity index (χ3n) is 4.59. The summed E-state index contributed by atoms with van der Waals surface area (Å²) < 4.78 is 5.87. The summed E-state index contributed by atoms with van der Waals surface area (Å²) in [7, 11) is 0. The molecule has 1 fully saturated rings. The zero-order chi connectivity index (χ0) is 13.8. The van der Waals surface area contributed by atoms with Crippen molar-refractivity contribution in [3.8, 4) is 0 Å². The van der Waals surface area contributed by atoms with Crippen molar-refractivity contribution in [3.05, 3.63) is 29.3 Å². The maximum absolute atomic E-state index is 5.87. The Balaban J connectivity index is 1.61. The first-order chi connectivity index (χ1) is 9.86. The molecule has 110 valence electrons. The predicted octanol–water partition coefficient (Wildman–Crippen LogP) is 2.70. The predicted molar refractivity (Wildman–Crippen MR) is 83.4 cm³/mol. The van der Waals surface area contributed by atoms with Crippen LogP contribution in [-0.4, -0.2) is 43.8 Å². The van der Waals surface area contributed by atoms with Crippen LogP contribution in [0, 0.1) is 0 Å². The van der Waals surface area contributed by atoms with Gasteiger partial charge in [0.15, 0.2) is 0 Å². The third-order valence-corrected chi connectivity index (χ3v) is 4.59. The minimum atomic E-state index is 0.322. The van der Waals surface area contributed by atoms with E-state index in [-0.39, 0.29) is 0 Å². The van der Waals surface area contributed by atoms with E-state index >= 15 is 0 Å². The van der Waals surface area contributed by atoms with E-state index in [1.54, 1.807) is 11.1 Å². The van der Waals surface area contributed by atoms with Crippen LogP contribution in [0.4, 0.5) is 5.69 Å². The normalized spacial score (nSPS) is 23.4. The van der Waals surface area contributed by atoms with Gasteiger partial charge < -0.3 is 10.1 Å². The minimum Gasteiger partial charge on any atom is -0.382 e. The van der Waals surface area contributed by atoms with Gasteiger partial charge >= 0.3 is 0 Å². The topological polar surface area (TPSA) is 24.5 Å². The maximum atomic E-state index is 5.87. The summed E-state index contributed by atoms with van der Waals surface area (Å²) in [6.07, 6.45) is 5.46. The molecule has 0 radical (unpaired) electrons. The molecule has 1 atom stereocenters. The van der Waals surface area contributed by atoms with Gasteiger partial charge in [-0.05, 0) is 49.4 Å². The molecule has 3 rings (SSSR count). The third kappa shape index (κ3) is 3.15. The summed E-state index contributed by atoms with van der Waals surface area (Å²) in [5.41, 5.74) is 4.42. The molecule has 2 aliphatic rings. The van der Waals surface area contributed by atoms with E-state index in [0.29, 0.717) is 6.10 Å². The molecule has 1 aromatic rings. The Morgan fingerprint density at radius 2 is 2.20 bits per heavy atom. The van der Waals surface area contributed by atoms with E-state index in [0.717, 1.165) is 32.8 Å². The highest BCUT2D eigenvalue weighted by Crippen LogP contribution is 2.27. The summed E-state index contributed by atoms with van der Waals surface area (Å²) in [5.74, 6) is 0. The van der Waals surface area contributed by atoms with Crippen LogP contribution in [0.5, 0.6) is 0 Å². The summed E-state index contributed by atoms with van der Waals surface area (Å²) in [4.78, 5) is 2.47. The number of rotatable bonds is 4. The Hall–Kier alpha value is -1.06. The van der Waals surface area contributed by atoms with E-state index in [1.807, 2.05) is 0 Å². The summed E-state index contributed by atoms with van der Waals surface area (Å²) in [5, 5.41) is 3.64. The van der Waals surface area contributed by atoms with Crippen molar-refractivity contribution in [1.82, 2.24) is 4.90 Å². The van der Waals surface area contributed by atoms with Gasteiger partial charge in [-0.1, -0.05) is 19.1 Å². The molecule has 0 spiro atoms. The molecular weight excluding hydrogens is 248 g/mol. The first-order valence-corrected chi connectivity index (χ1v) is 8.05. The van der Waals surface area contributed by atoms with E-state index < -0.39 is 0 Å². The van der Waals surface area contributed by atoms with Gasteiger partial charge in [-0.15, -0.1) is 0 Å². The average molecular weight is 274 g/mol. The Kier molecular flexibility index (Phi) is 4.58. The number of nitrogens with one attached hydrogen (secondary N) is 1. The lowest BCUT2D eigenvalue weighted by atomic mass is 9.90. The molecule has 1 saturated heterocycles. The smallest absolute Gasteiger partial charge is 0.0874 e. The number of benzene rings is 1. The number of hydrogen-bond acceptors (Lipinski definition) is 3. The van der Waals surface area contributed by atoms with Crippen LogP contribution >= 0.6 is 0 Å². The molecule has 0 aromatic heterocycles. The van der Waals surface area contributed by atoms with Crippen LogP contribution in [0.3, 0.4) is 0 Å². The van der Waals surface area contributed by atoms with Crippen LogP contribution in [0.15, 0.2) is 18.2 Å². The highest BCUT2D eigenvalue weighted by Gasteiger charge is 2.20. The molecule has 20 heavy (non-hydrogen) atoms. The second-order valence-corrected chi connectivity index (χ2v) is 5.92. The molecule has 1 aromatic carbocycles. The molecule has 1 aliphatic heterocycles. The summed E-state index contributed by atoms with van der Waals surface area (Å²) in [6.45, 7) is 7.27. The van der Waals surface area contributed by atoms with Gasteiger partial charge in [0.25, 0.3) is 0 Å². The monoisotopic (exact) mass is 274 g/mol. The minimum absolute atomic E-state index is 0.322. The molecule has 1 heterocycles. The Morgan fingerprint density at radius 1 is 1.30 bits per heavy atom. The fourth-order valence-corrected chi connectivity index (χ4v) is 3.36. The standard InChI is InChI=1S/C17H26N2O/c1-2-19-10-11-20-15(13-19)12-18-17-9-5-7-14-6-3-4-8-16(14)17/h5,7,9,15,18H,2-4,6,8,10-13H2,1H3.